The highest BCUT2D eigenvalue weighted by Gasteiger charge is 2.32. The van der Waals surface area contributed by atoms with Gasteiger partial charge in [-0.1, -0.05) is 6.07 Å². The quantitative estimate of drug-likeness (QED) is 0.729. The van der Waals surface area contributed by atoms with Crippen molar-refractivity contribution >= 4 is 5.97 Å². The molecule has 2 atom stereocenters. The summed E-state index contributed by atoms with van der Waals surface area (Å²) in [6, 6.07) is 9.48. The Morgan fingerprint density at radius 3 is 2.52 bits per heavy atom. The van der Waals surface area contributed by atoms with Crippen molar-refractivity contribution < 1.29 is 24.1 Å². The Balaban J connectivity index is 2.04. The smallest absolute Gasteiger partial charge is 0.307 e. The van der Waals surface area contributed by atoms with E-state index < -0.39 is 5.97 Å². The molecule has 1 fully saturated rings. The van der Waals surface area contributed by atoms with Crippen molar-refractivity contribution in [2.45, 2.75) is 25.3 Å². The summed E-state index contributed by atoms with van der Waals surface area (Å²) < 4.78 is 16.6. The molecule has 0 spiro atoms. The van der Waals surface area contributed by atoms with E-state index in [0.29, 0.717) is 36.6 Å². The standard InChI is InChI=1S/C22H28N2O5/c1-27-19-13-21(29-3)20(28-2)12-17(19)18(11-16-8-4-5-9-23-16)24-10-6-7-15(14-24)22(25)26/h4-5,8-9,12-13,15,18H,6-7,10-11,14H2,1-3H3,(H,25,26). The van der Waals surface area contributed by atoms with Crippen molar-refractivity contribution in [3.05, 3.63) is 47.8 Å². The van der Waals surface area contributed by atoms with Gasteiger partial charge < -0.3 is 19.3 Å². The van der Waals surface area contributed by atoms with Crippen molar-refractivity contribution in [2.75, 3.05) is 34.4 Å². The summed E-state index contributed by atoms with van der Waals surface area (Å²) in [5, 5.41) is 9.55. The van der Waals surface area contributed by atoms with Crippen molar-refractivity contribution in [3.63, 3.8) is 0 Å². The molecular formula is C22H28N2O5. The third-order valence-corrected chi connectivity index (χ3v) is 5.47. The highest BCUT2D eigenvalue weighted by molar-refractivity contribution is 5.70. The maximum absolute atomic E-state index is 11.6. The van der Waals surface area contributed by atoms with E-state index in [1.54, 1.807) is 27.5 Å². The van der Waals surface area contributed by atoms with Gasteiger partial charge in [0.25, 0.3) is 0 Å². The molecule has 156 valence electrons. The molecule has 29 heavy (non-hydrogen) atoms. The summed E-state index contributed by atoms with van der Waals surface area (Å²) in [4.78, 5) is 18.3. The third kappa shape index (κ3) is 4.79. The third-order valence-electron chi connectivity index (χ3n) is 5.47. The zero-order chi connectivity index (χ0) is 20.8. The molecule has 1 aromatic carbocycles. The van der Waals surface area contributed by atoms with Crippen LogP contribution >= 0.6 is 0 Å². The van der Waals surface area contributed by atoms with Gasteiger partial charge >= 0.3 is 5.97 Å². The van der Waals surface area contributed by atoms with Crippen molar-refractivity contribution in [2.24, 2.45) is 5.92 Å². The Kier molecular flexibility index (Phi) is 6.93. The van der Waals surface area contributed by atoms with Crippen LogP contribution in [0.5, 0.6) is 17.2 Å². The van der Waals surface area contributed by atoms with E-state index in [1.165, 1.54) is 0 Å². The highest BCUT2D eigenvalue weighted by Crippen LogP contribution is 2.41. The van der Waals surface area contributed by atoms with E-state index in [-0.39, 0.29) is 12.0 Å². The molecule has 0 radical (unpaired) electrons. The lowest BCUT2D eigenvalue weighted by Gasteiger charge is -2.38. The van der Waals surface area contributed by atoms with Crippen LogP contribution in [0.4, 0.5) is 0 Å². The van der Waals surface area contributed by atoms with Crippen LogP contribution in [0.25, 0.3) is 0 Å². The van der Waals surface area contributed by atoms with Crippen molar-refractivity contribution in [1.29, 1.82) is 0 Å². The van der Waals surface area contributed by atoms with Gasteiger partial charge in [0.05, 0.1) is 27.2 Å². The largest absolute Gasteiger partial charge is 0.496 e. The molecule has 1 saturated heterocycles. The fourth-order valence-electron chi connectivity index (χ4n) is 3.96. The second-order valence-corrected chi connectivity index (χ2v) is 7.16. The Labute approximate surface area is 171 Å². The number of carboxylic acids is 1. The predicted octanol–water partition coefficient (Wildman–Crippen LogP) is 3.19. The van der Waals surface area contributed by atoms with Crippen LogP contribution in [0.2, 0.25) is 0 Å². The number of methoxy groups -OCH3 is 3. The average Bonchev–Trinajstić information content (AvgIpc) is 2.77. The first-order chi connectivity index (χ1) is 14.1. The van der Waals surface area contributed by atoms with Crippen LogP contribution < -0.4 is 14.2 Å². The zero-order valence-corrected chi connectivity index (χ0v) is 17.1. The van der Waals surface area contributed by atoms with Crippen LogP contribution in [0.15, 0.2) is 36.5 Å². The molecule has 3 rings (SSSR count). The second-order valence-electron chi connectivity index (χ2n) is 7.16. The molecule has 7 nitrogen and oxygen atoms in total. The molecule has 2 aromatic rings. The fourth-order valence-corrected chi connectivity index (χ4v) is 3.96. The minimum Gasteiger partial charge on any atom is -0.496 e. The molecule has 1 aliphatic heterocycles. The van der Waals surface area contributed by atoms with Crippen LogP contribution in [0.1, 0.15) is 30.1 Å². The minimum atomic E-state index is -0.745. The van der Waals surface area contributed by atoms with Gasteiger partial charge in [0.1, 0.15) is 5.75 Å². The summed E-state index contributed by atoms with van der Waals surface area (Å²) in [6.07, 6.45) is 3.95. The summed E-state index contributed by atoms with van der Waals surface area (Å²) >= 11 is 0. The number of hydrogen-bond donors (Lipinski definition) is 1. The predicted molar refractivity (Wildman–Crippen MR) is 109 cm³/mol. The molecule has 2 unspecified atom stereocenters. The Hall–Kier alpha value is -2.80. The number of rotatable bonds is 8. The lowest BCUT2D eigenvalue weighted by Crippen LogP contribution is -2.41. The molecule has 1 aliphatic rings. The number of aromatic nitrogens is 1. The Bertz CT molecular complexity index is 827. The van der Waals surface area contributed by atoms with E-state index in [9.17, 15) is 9.90 Å². The Morgan fingerprint density at radius 1 is 1.17 bits per heavy atom. The summed E-state index contributed by atoms with van der Waals surface area (Å²) in [7, 11) is 4.81. The maximum Gasteiger partial charge on any atom is 0.307 e. The van der Waals surface area contributed by atoms with Crippen molar-refractivity contribution in [1.82, 2.24) is 9.88 Å². The molecule has 0 amide bonds. The van der Waals surface area contributed by atoms with Gasteiger partial charge in [-0.15, -0.1) is 0 Å². The first kappa shape index (κ1) is 20.9. The zero-order valence-electron chi connectivity index (χ0n) is 17.1. The second kappa shape index (κ2) is 9.60. The van der Waals surface area contributed by atoms with Gasteiger partial charge in [0.15, 0.2) is 11.5 Å². The van der Waals surface area contributed by atoms with Crippen LogP contribution in [0, 0.1) is 5.92 Å². The van der Waals surface area contributed by atoms with Crippen LogP contribution in [0.3, 0.4) is 0 Å². The number of pyridine rings is 1. The topological polar surface area (TPSA) is 81.1 Å². The summed E-state index contributed by atoms with van der Waals surface area (Å²) in [6.45, 7) is 1.31. The normalized spacial score (nSPS) is 18.1. The molecule has 0 aliphatic carbocycles. The highest BCUT2D eigenvalue weighted by atomic mass is 16.5. The molecule has 0 bridgehead atoms. The van der Waals surface area contributed by atoms with Crippen molar-refractivity contribution in [3.8, 4) is 17.2 Å². The average molecular weight is 400 g/mol. The molecule has 1 N–H and O–H groups in total. The fraction of sp³-hybridized carbons (Fsp3) is 0.455. The molecule has 0 saturated carbocycles. The lowest BCUT2D eigenvalue weighted by molar-refractivity contribution is -0.144. The first-order valence-electron chi connectivity index (χ1n) is 9.74. The number of piperidine rings is 1. The number of likely N-dealkylation sites (tertiary alicyclic amines) is 1. The van der Waals surface area contributed by atoms with Gasteiger partial charge in [-0.2, -0.15) is 0 Å². The first-order valence-corrected chi connectivity index (χ1v) is 9.74. The van der Waals surface area contributed by atoms with E-state index in [4.69, 9.17) is 14.2 Å². The van der Waals surface area contributed by atoms with Crippen LogP contribution in [-0.2, 0) is 11.2 Å². The molecular weight excluding hydrogens is 372 g/mol. The maximum atomic E-state index is 11.6. The number of carbonyl (C=O) groups is 1. The lowest BCUT2D eigenvalue weighted by atomic mass is 9.92. The summed E-state index contributed by atoms with van der Waals surface area (Å²) in [5.41, 5.74) is 1.87. The van der Waals surface area contributed by atoms with Gasteiger partial charge in [0, 0.05) is 42.5 Å². The van der Waals surface area contributed by atoms with E-state index in [1.807, 2.05) is 30.3 Å². The van der Waals surface area contributed by atoms with E-state index >= 15 is 0 Å². The van der Waals surface area contributed by atoms with Gasteiger partial charge in [-0.3, -0.25) is 14.7 Å². The van der Waals surface area contributed by atoms with Crippen LogP contribution in [-0.4, -0.2) is 55.4 Å². The number of carboxylic acid groups (broad SMARTS) is 1. The van der Waals surface area contributed by atoms with E-state index in [2.05, 4.69) is 9.88 Å². The Morgan fingerprint density at radius 2 is 1.90 bits per heavy atom. The molecule has 7 heteroatoms. The summed E-state index contributed by atoms with van der Waals surface area (Å²) in [5.74, 6) is 0.764. The number of nitrogens with zero attached hydrogens (tertiary/aromatic N) is 2. The monoisotopic (exact) mass is 400 g/mol. The van der Waals surface area contributed by atoms with Gasteiger partial charge in [-0.25, -0.2) is 0 Å². The number of ether oxygens (including phenoxy) is 3. The number of aliphatic carboxylic acids is 1. The van der Waals surface area contributed by atoms with Gasteiger partial charge in [0.2, 0.25) is 0 Å². The molecule has 2 heterocycles. The molecule has 1 aromatic heterocycles. The van der Waals surface area contributed by atoms with Gasteiger partial charge in [-0.05, 0) is 37.6 Å². The number of benzene rings is 1. The SMILES string of the molecule is COc1cc(OC)c(C(Cc2ccccn2)N2CCCC(C(=O)O)C2)cc1OC. The van der Waals surface area contributed by atoms with E-state index in [0.717, 1.165) is 24.2 Å². The number of hydrogen-bond acceptors (Lipinski definition) is 6. The minimum absolute atomic E-state index is 0.0955.